The minimum Gasteiger partial charge on any atom is -0.316 e. The van der Waals surface area contributed by atoms with Gasteiger partial charge in [-0.15, -0.1) is 0 Å². The molecule has 1 nitrogen and oxygen atoms in total. The highest BCUT2D eigenvalue weighted by Crippen LogP contribution is 2.46. The summed E-state index contributed by atoms with van der Waals surface area (Å²) >= 11 is 0. The first kappa shape index (κ1) is 14.2. The Hall–Kier alpha value is -0.180. The van der Waals surface area contributed by atoms with Gasteiger partial charge in [0.25, 0.3) is 0 Å². The molecule has 0 bridgehead atoms. The third kappa shape index (κ3) is 3.91. The Morgan fingerprint density at radius 2 is 1.89 bits per heavy atom. The lowest BCUT2D eigenvalue weighted by Crippen LogP contribution is -2.37. The summed E-state index contributed by atoms with van der Waals surface area (Å²) in [4.78, 5) is 0. The molecule has 0 spiro atoms. The second kappa shape index (κ2) is 5.85. The van der Waals surface area contributed by atoms with Gasteiger partial charge in [-0.2, -0.15) is 0 Å². The lowest BCUT2D eigenvalue weighted by Gasteiger charge is -2.38. The normalized spacial score (nSPS) is 34.8. The first-order valence-electron chi connectivity index (χ1n) is 7.55. The number of halogens is 2. The highest BCUT2D eigenvalue weighted by molar-refractivity contribution is 4.88. The van der Waals surface area contributed by atoms with E-state index in [1.165, 1.54) is 12.8 Å². The first-order chi connectivity index (χ1) is 8.46. The van der Waals surface area contributed by atoms with Crippen LogP contribution < -0.4 is 5.32 Å². The fourth-order valence-corrected chi connectivity index (χ4v) is 3.45. The van der Waals surface area contributed by atoms with Crippen molar-refractivity contribution < 1.29 is 8.78 Å². The molecule has 0 aliphatic heterocycles. The van der Waals surface area contributed by atoms with Crippen LogP contribution in [0.3, 0.4) is 0 Å². The number of hydrogen-bond donors (Lipinski definition) is 1. The van der Waals surface area contributed by atoms with Crippen LogP contribution in [-0.2, 0) is 0 Å². The van der Waals surface area contributed by atoms with Crippen molar-refractivity contribution in [3.05, 3.63) is 0 Å². The van der Waals surface area contributed by atoms with Gasteiger partial charge in [-0.3, -0.25) is 0 Å². The van der Waals surface area contributed by atoms with Crippen molar-refractivity contribution >= 4 is 0 Å². The quantitative estimate of drug-likeness (QED) is 0.757. The van der Waals surface area contributed by atoms with E-state index in [4.69, 9.17) is 0 Å². The Morgan fingerprint density at radius 3 is 2.39 bits per heavy atom. The molecule has 18 heavy (non-hydrogen) atoms. The summed E-state index contributed by atoms with van der Waals surface area (Å²) in [7, 11) is 0. The lowest BCUT2D eigenvalue weighted by molar-refractivity contribution is 0.00222. The molecule has 0 heterocycles. The third-order valence-electron chi connectivity index (χ3n) is 4.68. The van der Waals surface area contributed by atoms with Crippen molar-refractivity contribution in [3.63, 3.8) is 0 Å². The molecule has 0 amide bonds. The summed E-state index contributed by atoms with van der Waals surface area (Å²) in [6.07, 6.45) is 4.62. The van der Waals surface area contributed by atoms with Crippen molar-refractivity contribution in [2.24, 2.45) is 23.7 Å². The van der Waals surface area contributed by atoms with Gasteiger partial charge in [0.05, 0.1) is 0 Å². The Kier molecular flexibility index (Phi) is 4.63. The van der Waals surface area contributed by atoms with Gasteiger partial charge in [0.1, 0.15) is 0 Å². The maximum Gasteiger partial charge on any atom is 0.248 e. The molecule has 106 valence electrons. The molecule has 0 aromatic carbocycles. The zero-order chi connectivity index (χ0) is 13.2. The summed E-state index contributed by atoms with van der Waals surface area (Å²) in [5.41, 5.74) is 0. The monoisotopic (exact) mass is 259 g/mol. The zero-order valence-corrected chi connectivity index (χ0v) is 11.7. The maximum absolute atomic E-state index is 13.1. The minimum absolute atomic E-state index is 0.126. The predicted octanol–water partition coefficient (Wildman–Crippen LogP) is 4.08. The van der Waals surface area contributed by atoms with Crippen LogP contribution in [0.4, 0.5) is 8.78 Å². The molecule has 3 heteroatoms. The summed E-state index contributed by atoms with van der Waals surface area (Å²) in [5, 5.41) is 3.51. The number of rotatable bonds is 6. The van der Waals surface area contributed by atoms with Gasteiger partial charge in [-0.1, -0.05) is 13.8 Å². The third-order valence-corrected chi connectivity index (χ3v) is 4.68. The smallest absolute Gasteiger partial charge is 0.248 e. The second-order valence-electron chi connectivity index (χ2n) is 6.85. The van der Waals surface area contributed by atoms with Crippen LogP contribution in [0.25, 0.3) is 0 Å². The summed E-state index contributed by atoms with van der Waals surface area (Å²) in [6, 6.07) is 0. The largest absolute Gasteiger partial charge is 0.316 e. The molecule has 2 fully saturated rings. The standard InChI is InChI=1S/C15H27F2N/c1-11(2)9-18-10-14-4-3-13(14)7-12-5-6-15(16,17)8-12/h11-14,18H,3-10H2,1-2H3. The van der Waals surface area contributed by atoms with Crippen LogP contribution in [-0.4, -0.2) is 19.0 Å². The van der Waals surface area contributed by atoms with Gasteiger partial charge < -0.3 is 5.32 Å². The van der Waals surface area contributed by atoms with Gasteiger partial charge in [0.15, 0.2) is 0 Å². The highest BCUT2D eigenvalue weighted by atomic mass is 19.3. The van der Waals surface area contributed by atoms with Gasteiger partial charge in [-0.25, -0.2) is 8.78 Å². The molecule has 0 aromatic rings. The van der Waals surface area contributed by atoms with Crippen molar-refractivity contribution in [3.8, 4) is 0 Å². The van der Waals surface area contributed by atoms with Gasteiger partial charge in [-0.05, 0) is 62.4 Å². The van der Waals surface area contributed by atoms with E-state index in [0.717, 1.165) is 31.8 Å². The van der Waals surface area contributed by atoms with Crippen LogP contribution in [0, 0.1) is 23.7 Å². The van der Waals surface area contributed by atoms with Crippen molar-refractivity contribution in [2.45, 2.75) is 58.3 Å². The van der Waals surface area contributed by atoms with E-state index in [2.05, 4.69) is 19.2 Å². The second-order valence-corrected chi connectivity index (χ2v) is 6.85. The van der Waals surface area contributed by atoms with E-state index in [1.807, 2.05) is 0 Å². The highest BCUT2D eigenvalue weighted by Gasteiger charge is 2.42. The summed E-state index contributed by atoms with van der Waals surface area (Å²) in [5.74, 6) is 0.0799. The molecular formula is C15H27F2N. The molecule has 2 aliphatic rings. The number of hydrogen-bond acceptors (Lipinski definition) is 1. The van der Waals surface area contributed by atoms with Gasteiger partial charge in [0, 0.05) is 12.8 Å². The fraction of sp³-hybridized carbons (Fsp3) is 1.00. The molecule has 2 rings (SSSR count). The Balaban J connectivity index is 1.65. The van der Waals surface area contributed by atoms with Gasteiger partial charge >= 0.3 is 0 Å². The van der Waals surface area contributed by atoms with E-state index in [9.17, 15) is 8.78 Å². The van der Waals surface area contributed by atoms with Crippen molar-refractivity contribution in [1.82, 2.24) is 5.32 Å². The Bertz CT molecular complexity index is 265. The topological polar surface area (TPSA) is 12.0 Å². The SMILES string of the molecule is CC(C)CNCC1CCC1CC1CCC(F)(F)C1. The van der Waals surface area contributed by atoms with E-state index in [-0.39, 0.29) is 18.8 Å². The molecule has 2 aliphatic carbocycles. The van der Waals surface area contributed by atoms with E-state index in [1.54, 1.807) is 0 Å². The molecule has 2 saturated carbocycles. The van der Waals surface area contributed by atoms with Crippen LogP contribution in [0.2, 0.25) is 0 Å². The Morgan fingerprint density at radius 1 is 1.17 bits per heavy atom. The minimum atomic E-state index is -2.36. The van der Waals surface area contributed by atoms with Crippen molar-refractivity contribution in [1.29, 1.82) is 0 Å². The fourth-order valence-electron chi connectivity index (χ4n) is 3.45. The number of alkyl halides is 2. The molecule has 3 unspecified atom stereocenters. The summed E-state index contributed by atoms with van der Waals surface area (Å²) < 4.78 is 26.3. The number of nitrogens with one attached hydrogen (secondary N) is 1. The van der Waals surface area contributed by atoms with E-state index in [0.29, 0.717) is 11.8 Å². The first-order valence-corrected chi connectivity index (χ1v) is 7.55. The molecule has 1 N–H and O–H groups in total. The maximum atomic E-state index is 13.1. The van der Waals surface area contributed by atoms with Crippen LogP contribution in [0.1, 0.15) is 52.4 Å². The van der Waals surface area contributed by atoms with E-state index < -0.39 is 5.92 Å². The average molecular weight is 259 g/mol. The van der Waals surface area contributed by atoms with Crippen LogP contribution >= 0.6 is 0 Å². The van der Waals surface area contributed by atoms with Crippen LogP contribution in [0.15, 0.2) is 0 Å². The lowest BCUT2D eigenvalue weighted by atomic mass is 9.69. The van der Waals surface area contributed by atoms with E-state index >= 15 is 0 Å². The molecule has 0 radical (unpaired) electrons. The van der Waals surface area contributed by atoms with Crippen LogP contribution in [0.5, 0.6) is 0 Å². The predicted molar refractivity (Wildman–Crippen MR) is 70.8 cm³/mol. The molecule has 0 aromatic heterocycles. The zero-order valence-electron chi connectivity index (χ0n) is 11.7. The van der Waals surface area contributed by atoms with Crippen molar-refractivity contribution in [2.75, 3.05) is 13.1 Å². The molecule has 3 atom stereocenters. The molecular weight excluding hydrogens is 232 g/mol. The van der Waals surface area contributed by atoms with Gasteiger partial charge in [0.2, 0.25) is 5.92 Å². The molecule has 0 saturated heterocycles. The average Bonchev–Trinajstić information content (AvgIpc) is 2.59. The Labute approximate surface area is 110 Å². The summed E-state index contributed by atoms with van der Waals surface area (Å²) in [6.45, 7) is 6.59.